The van der Waals surface area contributed by atoms with E-state index in [-0.39, 0.29) is 0 Å². The fourth-order valence-electron chi connectivity index (χ4n) is 1.69. The molecule has 0 saturated heterocycles. The molecule has 0 aliphatic rings. The molecule has 0 bridgehead atoms. The van der Waals surface area contributed by atoms with Gasteiger partial charge in [-0.3, -0.25) is 0 Å². The van der Waals surface area contributed by atoms with Crippen molar-refractivity contribution < 1.29 is 4.43 Å². The van der Waals surface area contributed by atoms with E-state index in [2.05, 4.69) is 20.0 Å². The Morgan fingerprint density at radius 3 is 2.14 bits per heavy atom. The Kier molecular flexibility index (Phi) is 8.53. The summed E-state index contributed by atoms with van der Waals surface area (Å²) in [6.45, 7) is 8.45. The molecule has 2 N–H and O–H groups in total. The average Bonchev–Trinajstić information content (AvgIpc) is 2.11. The van der Waals surface area contributed by atoms with E-state index in [1.807, 2.05) is 0 Å². The van der Waals surface area contributed by atoms with E-state index in [4.69, 9.17) is 10.2 Å². The van der Waals surface area contributed by atoms with E-state index in [1.165, 1.54) is 38.1 Å². The quantitative estimate of drug-likeness (QED) is 0.476. The Morgan fingerprint density at radius 1 is 1.00 bits per heavy atom. The minimum atomic E-state index is -1.30. The second-order valence-electron chi connectivity index (χ2n) is 4.50. The second-order valence-corrected chi connectivity index (χ2v) is 8.81. The summed E-state index contributed by atoms with van der Waals surface area (Å²) >= 11 is 0. The molecule has 2 nitrogen and oxygen atoms in total. The molecular formula is C11H27NOSi. The summed E-state index contributed by atoms with van der Waals surface area (Å²) in [5.74, 6) is 0. The van der Waals surface area contributed by atoms with Gasteiger partial charge in [0.2, 0.25) is 0 Å². The molecule has 0 saturated carbocycles. The van der Waals surface area contributed by atoms with Gasteiger partial charge in [-0.2, -0.15) is 0 Å². The molecule has 0 spiro atoms. The second kappa shape index (κ2) is 8.45. The molecule has 0 fully saturated rings. The van der Waals surface area contributed by atoms with Crippen molar-refractivity contribution in [1.29, 1.82) is 0 Å². The highest BCUT2D eigenvalue weighted by atomic mass is 28.4. The molecule has 0 aromatic heterocycles. The molecule has 0 aliphatic carbocycles. The van der Waals surface area contributed by atoms with Crippen LogP contribution in [-0.4, -0.2) is 21.5 Å². The molecule has 0 unspecified atom stereocenters. The van der Waals surface area contributed by atoms with Crippen molar-refractivity contribution in [3.05, 3.63) is 0 Å². The highest BCUT2D eigenvalue weighted by Crippen LogP contribution is 2.16. The Morgan fingerprint density at radius 2 is 1.57 bits per heavy atom. The lowest BCUT2D eigenvalue weighted by Crippen LogP contribution is -2.29. The predicted molar refractivity (Wildman–Crippen MR) is 66.1 cm³/mol. The zero-order chi connectivity index (χ0) is 10.9. The zero-order valence-corrected chi connectivity index (χ0v) is 11.1. The minimum Gasteiger partial charge on any atom is -0.418 e. The van der Waals surface area contributed by atoms with Gasteiger partial charge in [-0.1, -0.05) is 25.7 Å². The fourth-order valence-corrected chi connectivity index (χ4v) is 3.72. The van der Waals surface area contributed by atoms with Gasteiger partial charge in [0.05, 0.1) is 0 Å². The van der Waals surface area contributed by atoms with Crippen molar-refractivity contribution in [3.8, 4) is 0 Å². The zero-order valence-electron chi connectivity index (χ0n) is 10.1. The van der Waals surface area contributed by atoms with Crippen LogP contribution >= 0.6 is 0 Å². The first-order valence-corrected chi connectivity index (χ1v) is 9.08. The molecule has 3 heteroatoms. The predicted octanol–water partition coefficient (Wildman–Crippen LogP) is 3.14. The molecule has 0 aliphatic heterocycles. The standard InChI is InChI=1S/C11H27NOSi/c1-4-13-14(2,3)11-9-7-5-6-8-10-12/h4-12H2,1-3H3. The molecule has 0 aromatic carbocycles. The fraction of sp³-hybridized carbons (Fsp3) is 1.00. The van der Waals surface area contributed by atoms with Crippen LogP contribution in [0.15, 0.2) is 0 Å². The van der Waals surface area contributed by atoms with Gasteiger partial charge in [-0.05, 0) is 39.0 Å². The highest BCUT2D eigenvalue weighted by molar-refractivity contribution is 6.71. The van der Waals surface area contributed by atoms with Crippen LogP contribution in [0.25, 0.3) is 0 Å². The maximum Gasteiger partial charge on any atom is 0.186 e. The lowest BCUT2D eigenvalue weighted by molar-refractivity contribution is 0.327. The molecule has 0 atom stereocenters. The molecular weight excluding hydrogens is 190 g/mol. The van der Waals surface area contributed by atoms with Crippen LogP contribution in [-0.2, 0) is 4.43 Å². The summed E-state index contributed by atoms with van der Waals surface area (Å²) in [6, 6.07) is 1.31. The third-order valence-corrected chi connectivity index (χ3v) is 5.15. The topological polar surface area (TPSA) is 35.2 Å². The van der Waals surface area contributed by atoms with E-state index >= 15 is 0 Å². The van der Waals surface area contributed by atoms with Gasteiger partial charge in [-0.25, -0.2) is 0 Å². The van der Waals surface area contributed by atoms with Gasteiger partial charge in [0.15, 0.2) is 8.32 Å². The van der Waals surface area contributed by atoms with Gasteiger partial charge in [0.1, 0.15) is 0 Å². The third-order valence-electron chi connectivity index (χ3n) is 2.52. The first-order chi connectivity index (χ1) is 6.62. The summed E-state index contributed by atoms with van der Waals surface area (Å²) in [5.41, 5.74) is 5.44. The highest BCUT2D eigenvalue weighted by Gasteiger charge is 2.20. The summed E-state index contributed by atoms with van der Waals surface area (Å²) < 4.78 is 5.78. The Hall–Kier alpha value is 0.137. The van der Waals surface area contributed by atoms with Gasteiger partial charge in [-0.15, -0.1) is 0 Å². The molecule has 0 aromatic rings. The molecule has 14 heavy (non-hydrogen) atoms. The van der Waals surface area contributed by atoms with Crippen LogP contribution < -0.4 is 5.73 Å². The maximum absolute atomic E-state index is 5.78. The summed E-state index contributed by atoms with van der Waals surface area (Å²) in [6.07, 6.45) is 6.51. The maximum atomic E-state index is 5.78. The summed E-state index contributed by atoms with van der Waals surface area (Å²) in [4.78, 5) is 0. The molecule has 86 valence electrons. The van der Waals surface area contributed by atoms with Gasteiger partial charge in [0, 0.05) is 6.61 Å². The third kappa shape index (κ3) is 8.72. The van der Waals surface area contributed by atoms with E-state index in [9.17, 15) is 0 Å². The van der Waals surface area contributed by atoms with Crippen molar-refractivity contribution in [2.24, 2.45) is 5.73 Å². The van der Waals surface area contributed by atoms with E-state index in [1.54, 1.807) is 0 Å². The van der Waals surface area contributed by atoms with Crippen LogP contribution in [0.5, 0.6) is 0 Å². The van der Waals surface area contributed by atoms with Crippen molar-refractivity contribution in [2.45, 2.75) is 58.2 Å². The number of hydrogen-bond acceptors (Lipinski definition) is 2. The van der Waals surface area contributed by atoms with Gasteiger partial charge in [0.25, 0.3) is 0 Å². The largest absolute Gasteiger partial charge is 0.418 e. The molecule has 0 rings (SSSR count). The summed E-state index contributed by atoms with van der Waals surface area (Å²) in [7, 11) is -1.30. The van der Waals surface area contributed by atoms with Crippen molar-refractivity contribution >= 4 is 8.32 Å². The Bertz CT molecular complexity index is 128. The smallest absolute Gasteiger partial charge is 0.186 e. The number of nitrogens with two attached hydrogens (primary N) is 1. The minimum absolute atomic E-state index is 0.846. The monoisotopic (exact) mass is 217 g/mol. The van der Waals surface area contributed by atoms with Crippen LogP contribution in [0.4, 0.5) is 0 Å². The van der Waals surface area contributed by atoms with Crippen LogP contribution in [0.1, 0.15) is 39.0 Å². The van der Waals surface area contributed by atoms with E-state index < -0.39 is 8.32 Å². The normalized spacial score (nSPS) is 12.0. The molecule has 0 amide bonds. The number of hydrogen-bond donors (Lipinski definition) is 1. The van der Waals surface area contributed by atoms with Gasteiger partial charge < -0.3 is 10.2 Å². The van der Waals surface area contributed by atoms with Crippen LogP contribution in [0.3, 0.4) is 0 Å². The SMILES string of the molecule is CCO[Si](C)(C)CCCCCCCN. The Labute approximate surface area is 90.3 Å². The van der Waals surface area contributed by atoms with Gasteiger partial charge >= 0.3 is 0 Å². The first kappa shape index (κ1) is 14.1. The van der Waals surface area contributed by atoms with Crippen molar-refractivity contribution in [1.82, 2.24) is 0 Å². The summed E-state index contributed by atoms with van der Waals surface area (Å²) in [5, 5.41) is 0. The van der Waals surface area contributed by atoms with Crippen molar-refractivity contribution in [3.63, 3.8) is 0 Å². The van der Waals surface area contributed by atoms with Crippen LogP contribution in [0.2, 0.25) is 19.1 Å². The number of rotatable bonds is 9. The lowest BCUT2D eigenvalue weighted by atomic mass is 10.2. The molecule has 0 heterocycles. The Balaban J connectivity index is 3.26. The molecule has 0 radical (unpaired) electrons. The lowest BCUT2D eigenvalue weighted by Gasteiger charge is -2.21. The first-order valence-electron chi connectivity index (χ1n) is 5.96. The number of unbranched alkanes of at least 4 members (excludes halogenated alkanes) is 4. The van der Waals surface area contributed by atoms with E-state index in [0.717, 1.165) is 13.2 Å². The van der Waals surface area contributed by atoms with Crippen molar-refractivity contribution in [2.75, 3.05) is 13.2 Å². The average molecular weight is 217 g/mol. The van der Waals surface area contributed by atoms with E-state index in [0.29, 0.717) is 0 Å². The van der Waals surface area contributed by atoms with Crippen LogP contribution in [0, 0.1) is 0 Å².